The van der Waals surface area contributed by atoms with Crippen LogP contribution in [0.4, 0.5) is 5.88 Å². The molecule has 0 aliphatic carbocycles. The topological polar surface area (TPSA) is 136 Å². The number of anilines is 1. The van der Waals surface area contributed by atoms with E-state index in [1.54, 1.807) is 30.9 Å². The molecule has 11 heteroatoms. The van der Waals surface area contributed by atoms with Gasteiger partial charge < -0.3 is 25.3 Å². The van der Waals surface area contributed by atoms with E-state index in [9.17, 15) is 18.6 Å². The number of aliphatic imine (C=N–C) groups is 1. The standard InChI is InChI=1S/C19H28N4O5S2/c1-13-10-18(20-2)28-17(13)12-29-9-8-21-19(23-30(3,26)27)22-11-16(25)14-4-6-15(24)7-5-14/h4-7,10,16,20,24-25H,8-9,11-12H2,1-3H3,(H2,21,22,23). The van der Waals surface area contributed by atoms with Gasteiger partial charge in [-0.05, 0) is 30.2 Å². The molecule has 0 fully saturated rings. The summed E-state index contributed by atoms with van der Waals surface area (Å²) in [6.45, 7) is 2.42. The summed E-state index contributed by atoms with van der Waals surface area (Å²) in [7, 11) is -1.72. The fraction of sp³-hybridized carbons (Fsp3) is 0.421. The van der Waals surface area contributed by atoms with Crippen LogP contribution in [0.2, 0.25) is 0 Å². The molecule has 5 N–H and O–H groups in total. The summed E-state index contributed by atoms with van der Waals surface area (Å²) in [5, 5.41) is 25.5. The van der Waals surface area contributed by atoms with E-state index in [0.29, 0.717) is 23.6 Å². The normalized spacial score (nSPS) is 13.1. The highest BCUT2D eigenvalue weighted by atomic mass is 32.2. The van der Waals surface area contributed by atoms with Crippen molar-refractivity contribution in [2.45, 2.75) is 18.8 Å². The van der Waals surface area contributed by atoms with E-state index in [1.165, 1.54) is 12.1 Å². The molecule has 1 atom stereocenters. The van der Waals surface area contributed by atoms with E-state index in [4.69, 9.17) is 4.42 Å². The van der Waals surface area contributed by atoms with E-state index in [-0.39, 0.29) is 18.3 Å². The van der Waals surface area contributed by atoms with Crippen molar-refractivity contribution in [2.24, 2.45) is 4.99 Å². The maximum atomic E-state index is 11.6. The Kier molecular flexibility index (Phi) is 8.88. The summed E-state index contributed by atoms with van der Waals surface area (Å²) >= 11 is 1.64. The van der Waals surface area contributed by atoms with Crippen LogP contribution in [0, 0.1) is 6.92 Å². The van der Waals surface area contributed by atoms with E-state index >= 15 is 0 Å². The molecule has 1 unspecified atom stereocenters. The Morgan fingerprint density at radius 1 is 1.30 bits per heavy atom. The molecule has 30 heavy (non-hydrogen) atoms. The van der Waals surface area contributed by atoms with E-state index < -0.39 is 16.1 Å². The van der Waals surface area contributed by atoms with Crippen LogP contribution >= 0.6 is 11.8 Å². The molecular formula is C19H28N4O5S2. The third-order valence-corrected chi connectivity index (χ3v) is 5.54. The minimum atomic E-state index is -3.52. The number of guanidine groups is 1. The first-order valence-electron chi connectivity index (χ1n) is 9.26. The number of aromatic hydroxyl groups is 1. The number of aryl methyl sites for hydroxylation is 1. The van der Waals surface area contributed by atoms with Crippen molar-refractivity contribution in [3.63, 3.8) is 0 Å². The zero-order valence-corrected chi connectivity index (χ0v) is 18.8. The molecule has 1 heterocycles. The van der Waals surface area contributed by atoms with Gasteiger partial charge in [0.25, 0.3) is 0 Å². The molecule has 2 rings (SSSR count). The maximum absolute atomic E-state index is 11.6. The highest BCUT2D eigenvalue weighted by molar-refractivity contribution is 7.98. The lowest BCUT2D eigenvalue weighted by Crippen LogP contribution is -2.41. The first-order chi connectivity index (χ1) is 14.2. The molecule has 9 nitrogen and oxygen atoms in total. The Balaban J connectivity index is 1.86. The molecule has 166 valence electrons. The second kappa shape index (κ2) is 11.1. The number of aliphatic hydroxyl groups excluding tert-OH is 1. The van der Waals surface area contributed by atoms with E-state index in [2.05, 4.69) is 20.3 Å². The van der Waals surface area contributed by atoms with Crippen molar-refractivity contribution in [2.75, 3.05) is 37.5 Å². The van der Waals surface area contributed by atoms with Gasteiger partial charge in [-0.3, -0.25) is 4.72 Å². The highest BCUT2D eigenvalue weighted by Gasteiger charge is 2.11. The van der Waals surface area contributed by atoms with Gasteiger partial charge >= 0.3 is 0 Å². The number of phenolic OH excluding ortho intramolecular Hbond substituents is 1. The molecule has 0 saturated heterocycles. The van der Waals surface area contributed by atoms with Gasteiger partial charge in [-0.2, -0.15) is 11.8 Å². The fourth-order valence-corrected chi connectivity index (χ4v) is 3.82. The van der Waals surface area contributed by atoms with Crippen LogP contribution in [0.3, 0.4) is 0 Å². The molecule has 0 aliphatic rings. The number of hydrogen-bond donors (Lipinski definition) is 5. The van der Waals surface area contributed by atoms with E-state index in [0.717, 1.165) is 23.5 Å². The summed E-state index contributed by atoms with van der Waals surface area (Å²) in [5.41, 5.74) is 1.64. The van der Waals surface area contributed by atoms with Crippen molar-refractivity contribution in [1.82, 2.24) is 10.0 Å². The third-order valence-electron chi connectivity index (χ3n) is 4.02. The smallest absolute Gasteiger partial charge is 0.232 e. The summed E-state index contributed by atoms with van der Waals surface area (Å²) in [6, 6.07) is 8.04. The molecular weight excluding hydrogens is 428 g/mol. The second-order valence-electron chi connectivity index (χ2n) is 6.62. The van der Waals surface area contributed by atoms with Crippen molar-refractivity contribution in [3.05, 3.63) is 47.2 Å². The van der Waals surface area contributed by atoms with Gasteiger partial charge in [0, 0.05) is 25.4 Å². The molecule has 1 aromatic carbocycles. The minimum Gasteiger partial charge on any atom is -0.508 e. The van der Waals surface area contributed by atoms with Gasteiger partial charge in [0.2, 0.25) is 16.0 Å². The summed E-state index contributed by atoms with van der Waals surface area (Å²) in [6.07, 6.45) is 0.107. The largest absolute Gasteiger partial charge is 0.508 e. The first kappa shape index (κ1) is 23.9. The lowest BCUT2D eigenvalue weighted by Gasteiger charge is -2.13. The SMILES string of the molecule is CNc1cc(C)c(CSCCNC(=NCC(O)c2ccc(O)cc2)NS(C)(=O)=O)o1. The fourth-order valence-electron chi connectivity index (χ4n) is 2.47. The summed E-state index contributed by atoms with van der Waals surface area (Å²) in [4.78, 5) is 4.16. The first-order valence-corrected chi connectivity index (χ1v) is 12.3. The monoisotopic (exact) mass is 456 g/mol. The molecule has 0 saturated carbocycles. The van der Waals surface area contributed by atoms with Crippen molar-refractivity contribution >= 4 is 33.6 Å². The van der Waals surface area contributed by atoms with Crippen LogP contribution < -0.4 is 15.4 Å². The number of hydrogen-bond acceptors (Lipinski definition) is 8. The van der Waals surface area contributed by atoms with Gasteiger partial charge in [0.15, 0.2) is 5.88 Å². The molecule has 0 aliphatic heterocycles. The van der Waals surface area contributed by atoms with Gasteiger partial charge in [-0.25, -0.2) is 13.4 Å². The molecule has 0 radical (unpaired) electrons. The number of benzene rings is 1. The number of sulfonamides is 1. The molecule has 0 amide bonds. The van der Waals surface area contributed by atoms with Crippen LogP contribution in [0.5, 0.6) is 5.75 Å². The highest BCUT2D eigenvalue weighted by Crippen LogP contribution is 2.22. The predicted octanol–water partition coefficient (Wildman–Crippen LogP) is 1.80. The number of thioether (sulfide) groups is 1. The van der Waals surface area contributed by atoms with Crippen LogP contribution in [0.25, 0.3) is 0 Å². The Bertz CT molecular complexity index is 942. The van der Waals surface area contributed by atoms with Crippen molar-refractivity contribution in [3.8, 4) is 5.75 Å². The molecule has 0 spiro atoms. The number of rotatable bonds is 10. The van der Waals surface area contributed by atoms with Crippen LogP contribution in [-0.4, -0.2) is 56.7 Å². The zero-order valence-electron chi connectivity index (χ0n) is 17.2. The second-order valence-corrected chi connectivity index (χ2v) is 9.47. The van der Waals surface area contributed by atoms with Crippen molar-refractivity contribution in [1.29, 1.82) is 0 Å². The molecule has 2 aromatic rings. The van der Waals surface area contributed by atoms with Crippen LogP contribution in [0.1, 0.15) is 23.0 Å². The average Bonchev–Trinajstić information content (AvgIpc) is 3.04. The average molecular weight is 457 g/mol. The Hall–Kier alpha value is -2.37. The number of phenols is 1. The van der Waals surface area contributed by atoms with Gasteiger partial charge in [0.05, 0.1) is 24.7 Å². The van der Waals surface area contributed by atoms with Gasteiger partial charge in [0.1, 0.15) is 11.5 Å². The van der Waals surface area contributed by atoms with Gasteiger partial charge in [-0.15, -0.1) is 0 Å². The van der Waals surface area contributed by atoms with Crippen LogP contribution in [-0.2, 0) is 15.8 Å². The van der Waals surface area contributed by atoms with Crippen molar-refractivity contribution < 1.29 is 23.0 Å². The number of aliphatic hydroxyl groups is 1. The lowest BCUT2D eigenvalue weighted by atomic mass is 10.1. The lowest BCUT2D eigenvalue weighted by molar-refractivity contribution is 0.187. The minimum absolute atomic E-state index is 0.0405. The maximum Gasteiger partial charge on any atom is 0.232 e. The number of furan rings is 1. The van der Waals surface area contributed by atoms with Crippen LogP contribution in [0.15, 0.2) is 39.7 Å². The summed E-state index contributed by atoms with van der Waals surface area (Å²) < 4.78 is 31.2. The molecule has 0 bridgehead atoms. The van der Waals surface area contributed by atoms with Gasteiger partial charge in [-0.1, -0.05) is 12.1 Å². The third kappa shape index (κ3) is 8.17. The molecule has 1 aromatic heterocycles. The Labute approximate surface area is 181 Å². The summed E-state index contributed by atoms with van der Waals surface area (Å²) in [5.74, 6) is 3.17. The Morgan fingerprint density at radius 2 is 2.00 bits per heavy atom. The zero-order chi connectivity index (χ0) is 22.1. The van der Waals surface area contributed by atoms with E-state index in [1.807, 2.05) is 13.0 Å². The number of nitrogens with zero attached hydrogens (tertiary/aromatic N) is 1. The predicted molar refractivity (Wildman–Crippen MR) is 121 cm³/mol. The number of nitrogens with one attached hydrogen (secondary N) is 3. The quantitative estimate of drug-likeness (QED) is 0.207. The Morgan fingerprint density at radius 3 is 2.60 bits per heavy atom.